The summed E-state index contributed by atoms with van der Waals surface area (Å²) in [5.74, 6) is -0.582. The minimum atomic E-state index is -0.768. The van der Waals surface area contributed by atoms with E-state index in [4.69, 9.17) is 0 Å². The van der Waals surface area contributed by atoms with Crippen LogP contribution in [-0.4, -0.2) is 55.2 Å². The van der Waals surface area contributed by atoms with Crippen LogP contribution in [-0.2, 0) is 4.79 Å². The molecule has 0 aliphatic heterocycles. The Balaban J connectivity index is 1.77. The highest BCUT2D eigenvalue weighted by molar-refractivity contribution is 5.77. The van der Waals surface area contributed by atoms with Crippen LogP contribution in [0.4, 0.5) is 4.79 Å². The summed E-state index contributed by atoms with van der Waals surface area (Å²) in [6.07, 6.45) is 3.87. The zero-order valence-electron chi connectivity index (χ0n) is 12.3. The average Bonchev–Trinajstić information content (AvgIpc) is 2.94. The van der Waals surface area contributed by atoms with Gasteiger partial charge in [0.1, 0.15) is 0 Å². The summed E-state index contributed by atoms with van der Waals surface area (Å²) in [4.78, 5) is 25.3. The lowest BCUT2D eigenvalue weighted by Gasteiger charge is -2.28. The maximum Gasteiger partial charge on any atom is 0.315 e. The Morgan fingerprint density at radius 2 is 1.95 bits per heavy atom. The van der Waals surface area contributed by atoms with E-state index >= 15 is 0 Å². The van der Waals surface area contributed by atoms with Crippen molar-refractivity contribution >= 4 is 12.0 Å². The predicted octanol–water partition coefficient (Wildman–Crippen LogP) is 0.737. The van der Waals surface area contributed by atoms with Crippen LogP contribution in [0.5, 0.6) is 0 Å². The fourth-order valence-corrected chi connectivity index (χ4v) is 3.65. The Hall–Kier alpha value is -1.30. The van der Waals surface area contributed by atoms with Crippen LogP contribution in [0.25, 0.3) is 0 Å². The number of nitrogens with zero attached hydrogens (tertiary/aromatic N) is 1. The maximum absolute atomic E-state index is 11.9. The molecule has 0 spiro atoms. The molecule has 0 heterocycles. The van der Waals surface area contributed by atoms with E-state index in [1.54, 1.807) is 0 Å². The van der Waals surface area contributed by atoms with Crippen molar-refractivity contribution in [2.75, 3.05) is 27.2 Å². The molecule has 2 aliphatic rings. The van der Waals surface area contributed by atoms with Gasteiger partial charge in [-0.3, -0.25) is 4.79 Å². The molecule has 0 aromatic heterocycles. The van der Waals surface area contributed by atoms with Crippen molar-refractivity contribution < 1.29 is 14.7 Å². The number of carbonyl (C=O) groups is 2. The maximum atomic E-state index is 11.9. The molecule has 6 heteroatoms. The van der Waals surface area contributed by atoms with Crippen LogP contribution < -0.4 is 10.6 Å². The number of rotatable bonds is 6. The monoisotopic (exact) mass is 283 g/mol. The molecule has 114 valence electrons. The normalized spacial score (nSPS) is 31.6. The second kappa shape index (κ2) is 6.43. The van der Waals surface area contributed by atoms with Crippen LogP contribution in [0.3, 0.4) is 0 Å². The van der Waals surface area contributed by atoms with Gasteiger partial charge in [0.2, 0.25) is 0 Å². The summed E-state index contributed by atoms with van der Waals surface area (Å²) in [7, 11) is 3.99. The average molecular weight is 283 g/mol. The zero-order valence-corrected chi connectivity index (χ0v) is 12.3. The van der Waals surface area contributed by atoms with E-state index in [9.17, 15) is 14.7 Å². The lowest BCUT2D eigenvalue weighted by atomic mass is 9.84. The van der Waals surface area contributed by atoms with Crippen molar-refractivity contribution in [3.8, 4) is 0 Å². The topological polar surface area (TPSA) is 81.7 Å². The van der Waals surface area contributed by atoms with Crippen molar-refractivity contribution in [2.24, 2.45) is 17.8 Å². The third-order valence-corrected chi connectivity index (χ3v) is 4.57. The molecule has 4 atom stereocenters. The number of carbonyl (C=O) groups excluding carboxylic acids is 1. The number of amides is 2. The Labute approximate surface area is 119 Å². The van der Waals surface area contributed by atoms with Gasteiger partial charge < -0.3 is 20.6 Å². The molecule has 0 saturated heterocycles. The van der Waals surface area contributed by atoms with E-state index in [2.05, 4.69) is 15.5 Å². The van der Waals surface area contributed by atoms with Crippen LogP contribution in [0, 0.1) is 17.8 Å². The summed E-state index contributed by atoms with van der Waals surface area (Å²) in [6.45, 7) is 1.54. The van der Waals surface area contributed by atoms with Gasteiger partial charge in [-0.05, 0) is 58.2 Å². The molecular formula is C14H25N3O3. The van der Waals surface area contributed by atoms with Crippen molar-refractivity contribution in [3.63, 3.8) is 0 Å². The van der Waals surface area contributed by atoms with Gasteiger partial charge in [0.05, 0.1) is 5.92 Å². The first-order valence-corrected chi connectivity index (χ1v) is 7.41. The standard InChI is InChI=1S/C14H25N3O3/c1-17(2)7-3-6-15-14(20)16-12-10-5-4-9(8-10)11(12)13(18)19/h9-12H,3-8H2,1-2H3,(H,18,19)(H2,15,16,20). The SMILES string of the molecule is CN(C)CCCNC(=O)NC1C2CCC(C2)C1C(=O)O. The van der Waals surface area contributed by atoms with E-state index in [1.165, 1.54) is 0 Å². The van der Waals surface area contributed by atoms with Gasteiger partial charge in [0, 0.05) is 12.6 Å². The van der Waals surface area contributed by atoms with Crippen LogP contribution >= 0.6 is 0 Å². The molecular weight excluding hydrogens is 258 g/mol. The lowest BCUT2D eigenvalue weighted by molar-refractivity contribution is -0.144. The quantitative estimate of drug-likeness (QED) is 0.628. The van der Waals surface area contributed by atoms with Gasteiger partial charge in [0.15, 0.2) is 0 Å². The Morgan fingerprint density at radius 1 is 1.25 bits per heavy atom. The molecule has 0 aromatic rings. The van der Waals surface area contributed by atoms with E-state index < -0.39 is 11.9 Å². The molecule has 3 N–H and O–H groups in total. The van der Waals surface area contributed by atoms with Gasteiger partial charge in [-0.25, -0.2) is 4.79 Å². The number of carboxylic acids is 1. The predicted molar refractivity (Wildman–Crippen MR) is 75.5 cm³/mol. The molecule has 0 aromatic carbocycles. The van der Waals surface area contributed by atoms with Crippen LogP contribution in [0.15, 0.2) is 0 Å². The summed E-state index contributed by atoms with van der Waals surface area (Å²) < 4.78 is 0. The zero-order chi connectivity index (χ0) is 14.7. The summed E-state index contributed by atoms with van der Waals surface area (Å²) >= 11 is 0. The highest BCUT2D eigenvalue weighted by Crippen LogP contribution is 2.48. The minimum absolute atomic E-state index is 0.194. The Kier molecular flexibility index (Phi) is 4.86. The molecule has 2 rings (SSSR count). The molecule has 2 aliphatic carbocycles. The van der Waals surface area contributed by atoms with Gasteiger partial charge in [0.25, 0.3) is 0 Å². The summed E-state index contributed by atoms with van der Waals surface area (Å²) in [5, 5.41) is 15.0. The molecule has 2 bridgehead atoms. The summed E-state index contributed by atoms with van der Waals surface area (Å²) in [6, 6.07) is -0.423. The molecule has 2 saturated carbocycles. The molecule has 2 fully saturated rings. The first-order chi connectivity index (χ1) is 9.49. The number of urea groups is 1. The molecule has 2 amide bonds. The Morgan fingerprint density at radius 3 is 2.60 bits per heavy atom. The summed E-state index contributed by atoms with van der Waals surface area (Å²) in [5.41, 5.74) is 0. The molecule has 0 radical (unpaired) electrons. The van der Waals surface area contributed by atoms with Gasteiger partial charge in [-0.2, -0.15) is 0 Å². The number of hydrogen-bond acceptors (Lipinski definition) is 3. The first kappa shape index (κ1) is 15.1. The second-order valence-corrected chi connectivity index (χ2v) is 6.28. The van der Waals surface area contributed by atoms with Crippen molar-refractivity contribution in [1.82, 2.24) is 15.5 Å². The van der Waals surface area contributed by atoms with Crippen LogP contribution in [0.2, 0.25) is 0 Å². The van der Waals surface area contributed by atoms with Crippen molar-refractivity contribution in [1.29, 1.82) is 0 Å². The Bertz CT molecular complexity index is 373. The van der Waals surface area contributed by atoms with Crippen molar-refractivity contribution in [2.45, 2.75) is 31.7 Å². The smallest absolute Gasteiger partial charge is 0.315 e. The van der Waals surface area contributed by atoms with Gasteiger partial charge in [-0.15, -0.1) is 0 Å². The van der Waals surface area contributed by atoms with E-state index in [0.29, 0.717) is 12.5 Å². The van der Waals surface area contributed by atoms with E-state index in [-0.39, 0.29) is 18.0 Å². The fraction of sp³-hybridized carbons (Fsp3) is 0.857. The third kappa shape index (κ3) is 3.42. The highest BCUT2D eigenvalue weighted by Gasteiger charge is 2.51. The number of hydrogen-bond donors (Lipinski definition) is 3. The second-order valence-electron chi connectivity index (χ2n) is 6.28. The first-order valence-electron chi connectivity index (χ1n) is 7.41. The van der Waals surface area contributed by atoms with Crippen molar-refractivity contribution in [3.05, 3.63) is 0 Å². The highest BCUT2D eigenvalue weighted by atomic mass is 16.4. The molecule has 4 unspecified atom stereocenters. The molecule has 6 nitrogen and oxygen atoms in total. The number of nitrogens with one attached hydrogen (secondary N) is 2. The van der Waals surface area contributed by atoms with Gasteiger partial charge in [-0.1, -0.05) is 0 Å². The molecule has 20 heavy (non-hydrogen) atoms. The number of aliphatic carboxylic acids is 1. The van der Waals surface area contributed by atoms with E-state index in [0.717, 1.165) is 32.2 Å². The minimum Gasteiger partial charge on any atom is -0.481 e. The third-order valence-electron chi connectivity index (χ3n) is 4.57. The van der Waals surface area contributed by atoms with E-state index in [1.807, 2.05) is 14.1 Å². The number of carboxylic acid groups (broad SMARTS) is 1. The lowest BCUT2D eigenvalue weighted by Crippen LogP contribution is -2.50. The number of fused-ring (bicyclic) bond motifs is 2. The fourth-order valence-electron chi connectivity index (χ4n) is 3.65. The largest absolute Gasteiger partial charge is 0.481 e. The van der Waals surface area contributed by atoms with Crippen LogP contribution in [0.1, 0.15) is 25.7 Å². The van der Waals surface area contributed by atoms with Gasteiger partial charge >= 0.3 is 12.0 Å².